The van der Waals surface area contributed by atoms with Gasteiger partial charge in [-0.2, -0.15) is 5.10 Å². The summed E-state index contributed by atoms with van der Waals surface area (Å²) < 4.78 is 20.4. The number of H-pyrrole nitrogens is 1. The molecule has 0 saturated carbocycles. The Hall–Kier alpha value is -3.68. The molecule has 2 N–H and O–H groups in total. The fourth-order valence-corrected chi connectivity index (χ4v) is 2.86. The number of ether oxygens (including phenoxy) is 1. The fraction of sp³-hybridized carbons (Fsp3) is 0.105. The van der Waals surface area contributed by atoms with Crippen LogP contribution in [0.25, 0.3) is 16.6 Å². The fourth-order valence-electron chi connectivity index (χ4n) is 2.86. The normalized spacial score (nSPS) is 10.9. The lowest BCUT2D eigenvalue weighted by Gasteiger charge is -2.07. The number of amides is 1. The van der Waals surface area contributed by atoms with Crippen LogP contribution in [0, 0.1) is 5.82 Å². The standard InChI is InChI=1S/C19H16FN5O2/c1-27-16-5-12(4-15(20)6-16)7-21-19(26)18-17-3-2-13(10-25(17)11-22-18)14-8-23-24-9-14/h2-6,8-11H,7H2,1H3,(H,21,26)(H,23,24). The largest absolute Gasteiger partial charge is 0.497 e. The maximum atomic E-state index is 13.6. The first-order valence-electron chi connectivity index (χ1n) is 8.21. The van der Waals surface area contributed by atoms with Gasteiger partial charge in [-0.05, 0) is 23.8 Å². The van der Waals surface area contributed by atoms with Crippen molar-refractivity contribution in [1.29, 1.82) is 0 Å². The number of rotatable bonds is 5. The van der Waals surface area contributed by atoms with Crippen molar-refractivity contribution in [3.05, 3.63) is 72.3 Å². The molecule has 0 unspecified atom stereocenters. The first kappa shape index (κ1) is 16.8. The lowest BCUT2D eigenvalue weighted by atomic mass is 10.1. The van der Waals surface area contributed by atoms with Crippen LogP contribution < -0.4 is 10.1 Å². The number of aromatic nitrogens is 4. The molecule has 4 aromatic rings. The molecule has 0 fully saturated rings. The molecule has 0 bridgehead atoms. The van der Waals surface area contributed by atoms with Crippen molar-refractivity contribution in [3.63, 3.8) is 0 Å². The Kier molecular flexibility index (Phi) is 4.29. The molecule has 0 atom stereocenters. The molecular weight excluding hydrogens is 349 g/mol. The number of carbonyl (C=O) groups is 1. The number of halogens is 1. The molecule has 3 heterocycles. The number of fused-ring (bicyclic) bond motifs is 1. The first-order chi connectivity index (χ1) is 13.1. The highest BCUT2D eigenvalue weighted by Crippen LogP contribution is 2.20. The van der Waals surface area contributed by atoms with Crippen molar-refractivity contribution in [2.45, 2.75) is 6.54 Å². The topological polar surface area (TPSA) is 84.3 Å². The van der Waals surface area contributed by atoms with Gasteiger partial charge in [-0.15, -0.1) is 0 Å². The van der Waals surface area contributed by atoms with Crippen molar-refractivity contribution < 1.29 is 13.9 Å². The first-order valence-corrected chi connectivity index (χ1v) is 8.21. The van der Waals surface area contributed by atoms with Crippen molar-refractivity contribution in [3.8, 4) is 16.9 Å². The molecule has 0 saturated heterocycles. The van der Waals surface area contributed by atoms with Crippen LogP contribution in [0.2, 0.25) is 0 Å². The Labute approximate surface area is 153 Å². The molecule has 136 valence electrons. The van der Waals surface area contributed by atoms with Gasteiger partial charge in [0.2, 0.25) is 0 Å². The second-order valence-corrected chi connectivity index (χ2v) is 5.97. The van der Waals surface area contributed by atoms with Gasteiger partial charge in [-0.3, -0.25) is 9.89 Å². The van der Waals surface area contributed by atoms with E-state index in [9.17, 15) is 9.18 Å². The Morgan fingerprint density at radius 3 is 2.96 bits per heavy atom. The van der Waals surface area contributed by atoms with E-state index in [1.807, 2.05) is 18.3 Å². The molecule has 0 radical (unpaired) electrons. The van der Waals surface area contributed by atoms with Crippen molar-refractivity contribution in [1.82, 2.24) is 24.9 Å². The molecule has 1 aromatic carbocycles. The van der Waals surface area contributed by atoms with E-state index in [0.717, 1.165) is 11.1 Å². The van der Waals surface area contributed by atoms with Gasteiger partial charge in [0.15, 0.2) is 5.69 Å². The second-order valence-electron chi connectivity index (χ2n) is 5.97. The summed E-state index contributed by atoms with van der Waals surface area (Å²) >= 11 is 0. The number of nitrogens with one attached hydrogen (secondary N) is 2. The van der Waals surface area contributed by atoms with Gasteiger partial charge in [-0.25, -0.2) is 9.37 Å². The van der Waals surface area contributed by atoms with E-state index in [0.29, 0.717) is 22.5 Å². The minimum Gasteiger partial charge on any atom is -0.497 e. The lowest BCUT2D eigenvalue weighted by Crippen LogP contribution is -2.23. The van der Waals surface area contributed by atoms with Crippen LogP contribution in [-0.2, 0) is 6.54 Å². The number of imidazole rings is 1. The Morgan fingerprint density at radius 1 is 1.30 bits per heavy atom. The van der Waals surface area contributed by atoms with Crippen LogP contribution in [0.5, 0.6) is 5.75 Å². The predicted molar refractivity (Wildman–Crippen MR) is 96.9 cm³/mol. The molecule has 0 spiro atoms. The van der Waals surface area contributed by atoms with E-state index < -0.39 is 5.82 Å². The zero-order chi connectivity index (χ0) is 18.8. The summed E-state index contributed by atoms with van der Waals surface area (Å²) in [5, 5.41) is 9.47. The number of pyridine rings is 1. The van der Waals surface area contributed by atoms with Gasteiger partial charge in [0.05, 0.1) is 18.8 Å². The number of hydrogen-bond acceptors (Lipinski definition) is 4. The highest BCUT2D eigenvalue weighted by Gasteiger charge is 2.14. The summed E-state index contributed by atoms with van der Waals surface area (Å²) in [5.74, 6) is -0.354. The number of carbonyl (C=O) groups excluding carboxylic acids is 1. The number of methoxy groups -OCH3 is 1. The minimum absolute atomic E-state index is 0.166. The Balaban J connectivity index is 1.54. The molecule has 1 amide bonds. The summed E-state index contributed by atoms with van der Waals surface area (Å²) in [6.07, 6.45) is 6.97. The highest BCUT2D eigenvalue weighted by atomic mass is 19.1. The maximum absolute atomic E-state index is 13.6. The zero-order valence-corrected chi connectivity index (χ0v) is 14.4. The number of benzene rings is 1. The van der Waals surface area contributed by atoms with E-state index in [1.165, 1.54) is 19.2 Å². The summed E-state index contributed by atoms with van der Waals surface area (Å²) in [7, 11) is 1.46. The smallest absolute Gasteiger partial charge is 0.272 e. The van der Waals surface area contributed by atoms with Crippen LogP contribution in [0.3, 0.4) is 0 Å². The monoisotopic (exact) mass is 365 g/mol. The quantitative estimate of drug-likeness (QED) is 0.570. The Morgan fingerprint density at radius 2 is 2.19 bits per heavy atom. The van der Waals surface area contributed by atoms with E-state index in [4.69, 9.17) is 4.74 Å². The number of aromatic amines is 1. The van der Waals surface area contributed by atoms with Gasteiger partial charge in [0.1, 0.15) is 17.9 Å². The van der Waals surface area contributed by atoms with Crippen molar-refractivity contribution >= 4 is 11.4 Å². The molecule has 27 heavy (non-hydrogen) atoms. The van der Waals surface area contributed by atoms with Crippen LogP contribution in [0.1, 0.15) is 16.1 Å². The van der Waals surface area contributed by atoms with E-state index in [2.05, 4.69) is 20.5 Å². The van der Waals surface area contributed by atoms with Gasteiger partial charge in [-0.1, -0.05) is 6.07 Å². The van der Waals surface area contributed by atoms with Crippen LogP contribution in [0.4, 0.5) is 4.39 Å². The van der Waals surface area contributed by atoms with Crippen LogP contribution in [-0.4, -0.2) is 32.6 Å². The maximum Gasteiger partial charge on any atom is 0.272 e. The molecule has 0 aliphatic heterocycles. The van der Waals surface area contributed by atoms with Crippen LogP contribution in [0.15, 0.2) is 55.2 Å². The molecule has 0 aliphatic rings. The number of hydrogen-bond donors (Lipinski definition) is 2. The average molecular weight is 365 g/mol. The van der Waals surface area contributed by atoms with Gasteiger partial charge in [0, 0.05) is 36.1 Å². The van der Waals surface area contributed by atoms with E-state index >= 15 is 0 Å². The SMILES string of the molecule is COc1cc(F)cc(CNC(=O)c2ncn3cc(-c4cn[nH]c4)ccc23)c1. The summed E-state index contributed by atoms with van der Waals surface area (Å²) in [6.45, 7) is 0.166. The average Bonchev–Trinajstić information content (AvgIpc) is 3.34. The van der Waals surface area contributed by atoms with Crippen molar-refractivity contribution in [2.24, 2.45) is 0 Å². The van der Waals surface area contributed by atoms with Crippen molar-refractivity contribution in [2.75, 3.05) is 7.11 Å². The Bertz CT molecular complexity index is 1100. The van der Waals surface area contributed by atoms with Gasteiger partial charge < -0.3 is 14.5 Å². The summed E-state index contributed by atoms with van der Waals surface area (Å²) in [4.78, 5) is 16.7. The third-order valence-corrected chi connectivity index (χ3v) is 4.20. The lowest BCUT2D eigenvalue weighted by molar-refractivity contribution is 0.0948. The molecule has 8 heteroatoms. The third-order valence-electron chi connectivity index (χ3n) is 4.20. The van der Waals surface area contributed by atoms with Gasteiger partial charge in [0.25, 0.3) is 5.91 Å². The minimum atomic E-state index is -0.419. The van der Waals surface area contributed by atoms with E-state index in [1.54, 1.807) is 29.2 Å². The predicted octanol–water partition coefficient (Wildman–Crippen LogP) is 2.80. The second kappa shape index (κ2) is 6.91. The zero-order valence-electron chi connectivity index (χ0n) is 14.4. The van der Waals surface area contributed by atoms with E-state index in [-0.39, 0.29) is 12.5 Å². The summed E-state index contributed by atoms with van der Waals surface area (Å²) in [6, 6.07) is 8.04. The molecule has 0 aliphatic carbocycles. The highest BCUT2D eigenvalue weighted by molar-refractivity contribution is 5.99. The molecular formula is C19H16FN5O2. The number of nitrogens with zero attached hydrogens (tertiary/aromatic N) is 3. The summed E-state index contributed by atoms with van der Waals surface area (Å²) in [5.41, 5.74) is 3.48. The molecule has 4 rings (SSSR count). The molecule has 3 aromatic heterocycles. The van der Waals surface area contributed by atoms with Crippen LogP contribution >= 0.6 is 0 Å². The van der Waals surface area contributed by atoms with Gasteiger partial charge >= 0.3 is 0 Å². The third kappa shape index (κ3) is 3.37. The molecule has 7 nitrogen and oxygen atoms in total.